The topological polar surface area (TPSA) is 57.6 Å². The van der Waals surface area contributed by atoms with Gasteiger partial charge in [0.15, 0.2) is 0 Å². The summed E-state index contributed by atoms with van der Waals surface area (Å²) in [6.45, 7) is 1.72. The molecule has 1 N–H and O–H groups in total. The van der Waals surface area contributed by atoms with Gasteiger partial charge in [0, 0.05) is 18.7 Å². The minimum absolute atomic E-state index is 0.00567. The first-order chi connectivity index (χ1) is 8.96. The molecule has 0 saturated carbocycles. The molecule has 0 bridgehead atoms. The second kappa shape index (κ2) is 5.40. The van der Waals surface area contributed by atoms with Crippen LogP contribution in [0.3, 0.4) is 0 Å². The van der Waals surface area contributed by atoms with Crippen molar-refractivity contribution >= 4 is 10.0 Å². The Morgan fingerprint density at radius 1 is 1.37 bits per heavy atom. The Morgan fingerprint density at radius 3 is 2.68 bits per heavy atom. The molecular formula is C13H16FNO3S. The Balaban J connectivity index is 2.46. The number of benzene rings is 1. The van der Waals surface area contributed by atoms with Crippen molar-refractivity contribution in [1.29, 1.82) is 0 Å². The predicted octanol–water partition coefficient (Wildman–Crippen LogP) is 1.58. The fourth-order valence-electron chi connectivity index (χ4n) is 2.06. The second-order valence-electron chi connectivity index (χ2n) is 4.49. The highest BCUT2D eigenvalue weighted by Gasteiger charge is 2.25. The van der Waals surface area contributed by atoms with Crippen LogP contribution in [0, 0.1) is 12.7 Å². The Bertz CT molecular complexity index is 611. The van der Waals surface area contributed by atoms with E-state index in [1.807, 2.05) is 6.08 Å². The monoisotopic (exact) mass is 285 g/mol. The molecule has 0 saturated heterocycles. The fraction of sp³-hybridized carbons (Fsp3) is 0.385. The van der Waals surface area contributed by atoms with Crippen LogP contribution in [0.2, 0.25) is 0 Å². The number of rotatable bonds is 3. The lowest BCUT2D eigenvalue weighted by atomic mass is 10.1. The van der Waals surface area contributed by atoms with Crippen LogP contribution in [-0.2, 0) is 16.6 Å². The summed E-state index contributed by atoms with van der Waals surface area (Å²) in [6, 6.07) is 2.51. The molecule has 1 heterocycles. The van der Waals surface area contributed by atoms with Crippen LogP contribution >= 0.6 is 0 Å². The molecule has 1 aliphatic heterocycles. The van der Waals surface area contributed by atoms with Crippen molar-refractivity contribution in [2.75, 3.05) is 13.1 Å². The maximum absolute atomic E-state index is 13.6. The molecule has 104 valence electrons. The lowest BCUT2D eigenvalue weighted by molar-refractivity contribution is 0.275. The SMILES string of the molecule is Cc1cc(S(=O)(=O)N2CC=CCC2)cc(CO)c1F. The normalized spacial score (nSPS) is 16.8. The van der Waals surface area contributed by atoms with Gasteiger partial charge in [0.2, 0.25) is 10.0 Å². The first kappa shape index (κ1) is 14.2. The van der Waals surface area contributed by atoms with Crippen molar-refractivity contribution in [1.82, 2.24) is 4.31 Å². The van der Waals surface area contributed by atoms with Crippen LogP contribution in [-0.4, -0.2) is 30.9 Å². The summed E-state index contributed by atoms with van der Waals surface area (Å²) in [5, 5.41) is 9.08. The van der Waals surface area contributed by atoms with E-state index in [9.17, 15) is 12.8 Å². The van der Waals surface area contributed by atoms with E-state index in [2.05, 4.69) is 0 Å². The van der Waals surface area contributed by atoms with Gasteiger partial charge in [0.25, 0.3) is 0 Å². The minimum atomic E-state index is -3.63. The van der Waals surface area contributed by atoms with E-state index in [1.54, 1.807) is 6.08 Å². The summed E-state index contributed by atoms with van der Waals surface area (Å²) in [5.74, 6) is -0.556. The van der Waals surface area contributed by atoms with Crippen LogP contribution in [0.4, 0.5) is 4.39 Å². The average molecular weight is 285 g/mol. The number of sulfonamides is 1. The molecule has 1 aromatic rings. The highest BCUT2D eigenvalue weighted by atomic mass is 32.2. The fourth-order valence-corrected chi connectivity index (χ4v) is 3.60. The summed E-state index contributed by atoms with van der Waals surface area (Å²) < 4.78 is 39.8. The smallest absolute Gasteiger partial charge is 0.243 e. The van der Waals surface area contributed by atoms with E-state index >= 15 is 0 Å². The number of halogens is 1. The Labute approximate surface area is 112 Å². The van der Waals surface area contributed by atoms with Crippen molar-refractivity contribution in [3.8, 4) is 0 Å². The molecule has 1 aliphatic rings. The van der Waals surface area contributed by atoms with E-state index in [-0.39, 0.29) is 16.0 Å². The number of aryl methyl sites for hydroxylation is 1. The molecule has 19 heavy (non-hydrogen) atoms. The molecule has 0 fully saturated rings. The van der Waals surface area contributed by atoms with E-state index < -0.39 is 22.4 Å². The highest BCUT2D eigenvalue weighted by Crippen LogP contribution is 2.23. The second-order valence-corrected chi connectivity index (χ2v) is 6.43. The molecule has 4 nitrogen and oxygen atoms in total. The van der Waals surface area contributed by atoms with Gasteiger partial charge in [-0.1, -0.05) is 12.2 Å². The molecule has 0 amide bonds. The van der Waals surface area contributed by atoms with Gasteiger partial charge >= 0.3 is 0 Å². The molecule has 0 aromatic heterocycles. The van der Waals surface area contributed by atoms with Gasteiger partial charge in [-0.05, 0) is 31.0 Å². The van der Waals surface area contributed by atoms with Crippen LogP contribution < -0.4 is 0 Å². The third-order valence-corrected chi connectivity index (χ3v) is 4.98. The predicted molar refractivity (Wildman–Crippen MR) is 69.6 cm³/mol. The van der Waals surface area contributed by atoms with Gasteiger partial charge in [-0.25, -0.2) is 12.8 Å². The van der Waals surface area contributed by atoms with Crippen LogP contribution in [0.5, 0.6) is 0 Å². The van der Waals surface area contributed by atoms with Gasteiger partial charge in [0.1, 0.15) is 5.82 Å². The molecule has 2 rings (SSSR count). The summed E-state index contributed by atoms with van der Waals surface area (Å²) in [7, 11) is -3.63. The van der Waals surface area contributed by atoms with Crippen molar-refractivity contribution in [2.24, 2.45) is 0 Å². The van der Waals surface area contributed by atoms with Crippen LogP contribution in [0.25, 0.3) is 0 Å². The van der Waals surface area contributed by atoms with E-state index in [0.29, 0.717) is 19.5 Å². The third kappa shape index (κ3) is 2.70. The van der Waals surface area contributed by atoms with Crippen LogP contribution in [0.1, 0.15) is 17.5 Å². The summed E-state index contributed by atoms with van der Waals surface area (Å²) in [5.41, 5.74) is 0.226. The zero-order valence-corrected chi connectivity index (χ0v) is 11.5. The molecular weight excluding hydrogens is 269 g/mol. The zero-order chi connectivity index (χ0) is 14.0. The molecule has 1 aromatic carbocycles. The number of aliphatic hydroxyl groups excluding tert-OH is 1. The molecule has 0 unspecified atom stereocenters. The van der Waals surface area contributed by atoms with Crippen molar-refractivity contribution in [3.63, 3.8) is 0 Å². The average Bonchev–Trinajstić information content (AvgIpc) is 2.42. The molecule has 0 aliphatic carbocycles. The van der Waals surface area contributed by atoms with Gasteiger partial charge in [0.05, 0.1) is 11.5 Å². The quantitative estimate of drug-likeness (QED) is 0.858. The zero-order valence-electron chi connectivity index (χ0n) is 10.6. The first-order valence-corrected chi connectivity index (χ1v) is 7.46. The van der Waals surface area contributed by atoms with Crippen molar-refractivity contribution in [2.45, 2.75) is 24.8 Å². The largest absolute Gasteiger partial charge is 0.392 e. The third-order valence-electron chi connectivity index (χ3n) is 3.13. The lowest BCUT2D eigenvalue weighted by Crippen LogP contribution is -2.34. The number of hydrogen-bond donors (Lipinski definition) is 1. The number of nitrogens with zero attached hydrogens (tertiary/aromatic N) is 1. The Morgan fingerprint density at radius 2 is 2.11 bits per heavy atom. The Kier molecular flexibility index (Phi) is 4.03. The lowest BCUT2D eigenvalue weighted by Gasteiger charge is -2.23. The summed E-state index contributed by atoms with van der Waals surface area (Å²) in [6.07, 6.45) is 4.40. The minimum Gasteiger partial charge on any atom is -0.392 e. The number of hydrogen-bond acceptors (Lipinski definition) is 3. The van der Waals surface area contributed by atoms with E-state index in [0.717, 1.165) is 0 Å². The molecule has 6 heteroatoms. The van der Waals surface area contributed by atoms with Gasteiger partial charge in [-0.15, -0.1) is 0 Å². The van der Waals surface area contributed by atoms with Crippen molar-refractivity contribution < 1.29 is 17.9 Å². The molecule has 0 radical (unpaired) electrons. The molecule has 0 atom stereocenters. The van der Waals surface area contributed by atoms with Gasteiger partial charge in [-0.2, -0.15) is 4.31 Å². The standard InChI is InChI=1S/C13H16FNO3S/c1-10-7-12(8-11(9-16)13(10)14)19(17,18)15-5-3-2-4-6-15/h2-3,7-8,16H,4-6,9H2,1H3. The first-order valence-electron chi connectivity index (χ1n) is 6.02. The molecule has 0 spiro atoms. The van der Waals surface area contributed by atoms with Gasteiger partial charge in [-0.3, -0.25) is 0 Å². The maximum atomic E-state index is 13.6. The van der Waals surface area contributed by atoms with Crippen LogP contribution in [0.15, 0.2) is 29.2 Å². The Hall–Kier alpha value is -1.24. The van der Waals surface area contributed by atoms with E-state index in [1.165, 1.54) is 23.4 Å². The number of aliphatic hydroxyl groups is 1. The van der Waals surface area contributed by atoms with E-state index in [4.69, 9.17) is 5.11 Å². The summed E-state index contributed by atoms with van der Waals surface area (Å²) in [4.78, 5) is 0.0331. The highest BCUT2D eigenvalue weighted by molar-refractivity contribution is 7.89. The van der Waals surface area contributed by atoms with Gasteiger partial charge < -0.3 is 5.11 Å². The van der Waals surface area contributed by atoms with Crippen molar-refractivity contribution in [3.05, 3.63) is 41.2 Å². The summed E-state index contributed by atoms with van der Waals surface area (Å²) >= 11 is 0. The maximum Gasteiger partial charge on any atom is 0.243 e.